The first kappa shape index (κ1) is 15.3. The number of methoxy groups -OCH3 is 1. The number of carbonyl (C=O) groups is 1. The van der Waals surface area contributed by atoms with Gasteiger partial charge in [-0.3, -0.25) is 4.79 Å². The van der Waals surface area contributed by atoms with Gasteiger partial charge in [0.1, 0.15) is 17.9 Å². The van der Waals surface area contributed by atoms with Gasteiger partial charge in [0.25, 0.3) is 0 Å². The summed E-state index contributed by atoms with van der Waals surface area (Å²) >= 11 is 0. The maximum Gasteiger partial charge on any atom is 0.242 e. The zero-order valence-corrected chi connectivity index (χ0v) is 12.4. The van der Waals surface area contributed by atoms with Crippen LogP contribution in [0.4, 0.5) is 5.82 Å². The van der Waals surface area contributed by atoms with Gasteiger partial charge < -0.3 is 15.4 Å². The Balaban J connectivity index is 2.05. The van der Waals surface area contributed by atoms with Crippen molar-refractivity contribution in [3.8, 4) is 6.07 Å². The second kappa shape index (κ2) is 7.04. The van der Waals surface area contributed by atoms with Crippen molar-refractivity contribution in [1.82, 2.24) is 10.3 Å². The van der Waals surface area contributed by atoms with Gasteiger partial charge >= 0.3 is 0 Å². The molecule has 1 aliphatic rings. The molecule has 1 aliphatic carbocycles. The molecule has 0 bridgehead atoms. The Morgan fingerprint density at radius 1 is 1.57 bits per heavy atom. The topological polar surface area (TPSA) is 87.0 Å². The van der Waals surface area contributed by atoms with E-state index in [2.05, 4.69) is 21.7 Å². The molecule has 0 spiro atoms. The van der Waals surface area contributed by atoms with Gasteiger partial charge in [-0.2, -0.15) is 5.26 Å². The fourth-order valence-electron chi connectivity index (χ4n) is 2.37. The molecule has 1 aromatic heterocycles. The lowest BCUT2D eigenvalue weighted by Crippen LogP contribution is -2.39. The fourth-order valence-corrected chi connectivity index (χ4v) is 2.37. The summed E-state index contributed by atoms with van der Waals surface area (Å²) in [6.07, 6.45) is 2.98. The zero-order valence-electron chi connectivity index (χ0n) is 12.4. The van der Waals surface area contributed by atoms with Gasteiger partial charge in [0, 0.05) is 19.3 Å². The number of fused-ring (bicyclic) bond motifs is 1. The second-order valence-corrected chi connectivity index (χ2v) is 5.11. The molecule has 0 aliphatic heterocycles. The van der Waals surface area contributed by atoms with Crippen LogP contribution in [-0.4, -0.2) is 37.2 Å². The Hall–Kier alpha value is -2.13. The molecule has 2 N–H and O–H groups in total. The molecule has 1 amide bonds. The Bertz CT molecular complexity index is 566. The van der Waals surface area contributed by atoms with Crippen LogP contribution in [0.2, 0.25) is 0 Å². The van der Waals surface area contributed by atoms with Crippen molar-refractivity contribution in [3.63, 3.8) is 0 Å². The SMILES string of the molecule is COCCNC(=O)C(C)Nc1nc2c(cc1C#N)CCC2. The Morgan fingerprint density at radius 2 is 2.38 bits per heavy atom. The van der Waals surface area contributed by atoms with Gasteiger partial charge in [-0.25, -0.2) is 4.98 Å². The van der Waals surface area contributed by atoms with Gasteiger partial charge in [-0.05, 0) is 37.8 Å². The van der Waals surface area contributed by atoms with E-state index in [1.54, 1.807) is 14.0 Å². The van der Waals surface area contributed by atoms with Crippen LogP contribution in [0.1, 0.15) is 30.2 Å². The van der Waals surface area contributed by atoms with Crippen LogP contribution in [0, 0.1) is 11.3 Å². The van der Waals surface area contributed by atoms with Crippen LogP contribution >= 0.6 is 0 Å². The average molecular weight is 288 g/mol. The van der Waals surface area contributed by atoms with Crippen molar-refractivity contribution < 1.29 is 9.53 Å². The summed E-state index contributed by atoms with van der Waals surface area (Å²) in [6.45, 7) is 2.68. The Labute approximate surface area is 124 Å². The molecule has 0 fully saturated rings. The Kier molecular flexibility index (Phi) is 5.12. The molecule has 1 unspecified atom stereocenters. The maximum atomic E-state index is 11.9. The third-order valence-corrected chi connectivity index (χ3v) is 3.52. The van der Waals surface area contributed by atoms with Crippen LogP contribution in [0.5, 0.6) is 0 Å². The molecule has 6 nitrogen and oxygen atoms in total. The van der Waals surface area contributed by atoms with Crippen LogP contribution in [-0.2, 0) is 22.4 Å². The molecule has 0 radical (unpaired) electrons. The van der Waals surface area contributed by atoms with Crippen molar-refractivity contribution in [3.05, 3.63) is 22.9 Å². The van der Waals surface area contributed by atoms with Crippen LogP contribution < -0.4 is 10.6 Å². The number of rotatable bonds is 6. The smallest absolute Gasteiger partial charge is 0.242 e. The van der Waals surface area contributed by atoms with Crippen LogP contribution in [0.15, 0.2) is 6.07 Å². The lowest BCUT2D eigenvalue weighted by Gasteiger charge is -2.16. The molecule has 1 heterocycles. The number of hydrogen-bond donors (Lipinski definition) is 2. The number of ether oxygens (including phenoxy) is 1. The van der Waals surface area contributed by atoms with E-state index in [9.17, 15) is 10.1 Å². The number of pyridine rings is 1. The van der Waals surface area contributed by atoms with Crippen LogP contribution in [0.25, 0.3) is 0 Å². The zero-order chi connectivity index (χ0) is 15.2. The summed E-state index contributed by atoms with van der Waals surface area (Å²) in [5, 5.41) is 15.0. The number of aryl methyl sites for hydroxylation is 2. The molecule has 1 aromatic rings. The van der Waals surface area contributed by atoms with E-state index in [1.807, 2.05) is 6.07 Å². The van der Waals surface area contributed by atoms with E-state index < -0.39 is 6.04 Å². The largest absolute Gasteiger partial charge is 0.383 e. The first-order valence-corrected chi connectivity index (χ1v) is 7.11. The molecule has 112 valence electrons. The van der Waals surface area contributed by atoms with E-state index in [4.69, 9.17) is 4.74 Å². The number of nitrogens with one attached hydrogen (secondary N) is 2. The number of carbonyl (C=O) groups excluding carboxylic acids is 1. The van der Waals surface area contributed by atoms with Crippen molar-refractivity contribution in [2.24, 2.45) is 0 Å². The monoisotopic (exact) mass is 288 g/mol. The predicted octanol–water partition coefficient (Wildman–Crippen LogP) is 1.00. The number of hydrogen-bond acceptors (Lipinski definition) is 5. The summed E-state index contributed by atoms with van der Waals surface area (Å²) in [5.74, 6) is 0.353. The standard InChI is InChI=1S/C15H20N4O2/c1-10(15(20)17-6-7-21-2)18-14-12(9-16)8-11-4-3-5-13(11)19-14/h8,10H,3-7H2,1-2H3,(H,17,20)(H,18,19). The second-order valence-electron chi connectivity index (χ2n) is 5.11. The first-order valence-electron chi connectivity index (χ1n) is 7.11. The van der Waals surface area contributed by atoms with E-state index in [-0.39, 0.29) is 5.91 Å². The van der Waals surface area contributed by atoms with Crippen molar-refractivity contribution >= 4 is 11.7 Å². The molecular weight excluding hydrogens is 268 g/mol. The van der Waals surface area contributed by atoms with E-state index in [0.717, 1.165) is 30.5 Å². The number of amides is 1. The first-order chi connectivity index (χ1) is 10.2. The lowest BCUT2D eigenvalue weighted by atomic mass is 10.1. The normalized spacial score (nSPS) is 14.1. The molecule has 0 saturated heterocycles. The summed E-state index contributed by atoms with van der Waals surface area (Å²) in [6, 6.07) is 3.57. The van der Waals surface area contributed by atoms with Gasteiger partial charge in [0.15, 0.2) is 0 Å². The predicted molar refractivity (Wildman–Crippen MR) is 78.9 cm³/mol. The van der Waals surface area contributed by atoms with E-state index >= 15 is 0 Å². The van der Waals surface area contributed by atoms with Gasteiger partial charge in [0.2, 0.25) is 5.91 Å². The molecule has 1 atom stereocenters. The summed E-state index contributed by atoms with van der Waals surface area (Å²) < 4.78 is 4.89. The minimum Gasteiger partial charge on any atom is -0.383 e. The van der Waals surface area contributed by atoms with Gasteiger partial charge in [0.05, 0.1) is 12.2 Å². The number of aromatic nitrogens is 1. The maximum absolute atomic E-state index is 11.9. The quantitative estimate of drug-likeness (QED) is 0.763. The highest BCUT2D eigenvalue weighted by Crippen LogP contribution is 2.25. The minimum absolute atomic E-state index is 0.141. The summed E-state index contributed by atoms with van der Waals surface area (Å²) in [7, 11) is 1.58. The number of anilines is 1. The van der Waals surface area contributed by atoms with Crippen molar-refractivity contribution in [1.29, 1.82) is 5.26 Å². The summed E-state index contributed by atoms with van der Waals surface area (Å²) in [5.41, 5.74) is 2.67. The number of nitrogens with zero attached hydrogens (tertiary/aromatic N) is 2. The van der Waals surface area contributed by atoms with Crippen molar-refractivity contribution in [2.75, 3.05) is 25.6 Å². The Morgan fingerprint density at radius 3 is 3.10 bits per heavy atom. The third kappa shape index (κ3) is 3.70. The van der Waals surface area contributed by atoms with Crippen molar-refractivity contribution in [2.45, 2.75) is 32.2 Å². The fraction of sp³-hybridized carbons (Fsp3) is 0.533. The lowest BCUT2D eigenvalue weighted by molar-refractivity contribution is -0.121. The highest BCUT2D eigenvalue weighted by Gasteiger charge is 2.19. The molecule has 0 aromatic carbocycles. The third-order valence-electron chi connectivity index (χ3n) is 3.52. The molecule has 0 saturated carbocycles. The summed E-state index contributed by atoms with van der Waals surface area (Å²) in [4.78, 5) is 16.4. The highest BCUT2D eigenvalue weighted by atomic mass is 16.5. The van der Waals surface area contributed by atoms with E-state index in [1.165, 1.54) is 0 Å². The van der Waals surface area contributed by atoms with Crippen LogP contribution in [0.3, 0.4) is 0 Å². The van der Waals surface area contributed by atoms with Gasteiger partial charge in [-0.1, -0.05) is 0 Å². The molecule has 6 heteroatoms. The molecule has 21 heavy (non-hydrogen) atoms. The van der Waals surface area contributed by atoms with E-state index in [0.29, 0.717) is 24.5 Å². The highest BCUT2D eigenvalue weighted by molar-refractivity contribution is 5.84. The molecule has 2 rings (SSSR count). The molecular formula is C15H20N4O2. The average Bonchev–Trinajstić information content (AvgIpc) is 2.93. The number of nitriles is 1. The van der Waals surface area contributed by atoms with Gasteiger partial charge in [-0.15, -0.1) is 0 Å². The minimum atomic E-state index is -0.457.